The maximum absolute atomic E-state index is 12.3. The van der Waals surface area contributed by atoms with Gasteiger partial charge < -0.3 is 21.2 Å². The van der Waals surface area contributed by atoms with Gasteiger partial charge in [-0.2, -0.15) is 5.10 Å². The quantitative estimate of drug-likeness (QED) is 0.443. The lowest BCUT2D eigenvalue weighted by Gasteiger charge is -2.12. The fraction of sp³-hybridized carbons (Fsp3) is 0.533. The van der Waals surface area contributed by atoms with Crippen LogP contribution in [0.3, 0.4) is 0 Å². The summed E-state index contributed by atoms with van der Waals surface area (Å²) in [5, 5.41) is 10.7. The summed E-state index contributed by atoms with van der Waals surface area (Å²) >= 11 is 0. The first-order valence-electron chi connectivity index (χ1n) is 7.53. The molecule has 22 heavy (non-hydrogen) atoms. The van der Waals surface area contributed by atoms with Gasteiger partial charge in [0.2, 0.25) is 5.96 Å². The Bertz CT molecular complexity index is 626. The van der Waals surface area contributed by atoms with Crippen LogP contribution in [0.4, 0.5) is 0 Å². The summed E-state index contributed by atoms with van der Waals surface area (Å²) in [4.78, 5) is 12.3. The van der Waals surface area contributed by atoms with Gasteiger partial charge in [0.15, 0.2) is 5.76 Å². The van der Waals surface area contributed by atoms with Crippen LogP contribution in [-0.2, 0) is 6.42 Å². The van der Waals surface area contributed by atoms with Crippen LogP contribution in [0, 0.1) is 6.92 Å². The van der Waals surface area contributed by atoms with Crippen molar-refractivity contribution >= 4 is 17.6 Å². The molecule has 1 aromatic heterocycles. The van der Waals surface area contributed by atoms with Crippen LogP contribution in [0.2, 0.25) is 0 Å². The maximum Gasteiger partial charge on any atom is 0.287 e. The monoisotopic (exact) mass is 305 g/mol. The number of guanidine groups is 1. The molecule has 7 nitrogen and oxygen atoms in total. The van der Waals surface area contributed by atoms with Crippen LogP contribution in [0.15, 0.2) is 14.6 Å². The third kappa shape index (κ3) is 3.29. The Morgan fingerprint density at radius 3 is 2.77 bits per heavy atom. The normalized spacial score (nSPS) is 17.0. The number of carbonyl (C=O) groups is 1. The zero-order valence-electron chi connectivity index (χ0n) is 13.3. The highest BCUT2D eigenvalue weighted by atomic mass is 16.4. The number of nitrogens with one attached hydrogen (secondary N) is 1. The van der Waals surface area contributed by atoms with E-state index in [1.807, 2.05) is 20.8 Å². The van der Waals surface area contributed by atoms with Crippen molar-refractivity contribution in [2.45, 2.75) is 52.5 Å². The fourth-order valence-corrected chi connectivity index (χ4v) is 2.49. The minimum absolute atomic E-state index is 0.0875. The number of nitrogens with two attached hydrogens (primary N) is 2. The topological polar surface area (TPSA) is 119 Å². The van der Waals surface area contributed by atoms with E-state index < -0.39 is 0 Å². The Labute approximate surface area is 129 Å². The molecule has 1 aromatic rings. The first-order valence-corrected chi connectivity index (χ1v) is 7.53. The fourth-order valence-electron chi connectivity index (χ4n) is 2.49. The molecular weight excluding hydrogens is 282 g/mol. The molecule has 0 aromatic carbocycles. The van der Waals surface area contributed by atoms with Gasteiger partial charge in [0.1, 0.15) is 5.76 Å². The van der Waals surface area contributed by atoms with Crippen LogP contribution in [-0.4, -0.2) is 23.6 Å². The zero-order valence-corrected chi connectivity index (χ0v) is 13.3. The molecule has 0 radical (unpaired) electrons. The molecule has 7 heteroatoms. The summed E-state index contributed by atoms with van der Waals surface area (Å²) in [5.41, 5.74) is 13.1. The molecule has 1 aliphatic rings. The van der Waals surface area contributed by atoms with E-state index in [4.69, 9.17) is 15.9 Å². The lowest BCUT2D eigenvalue weighted by atomic mass is 9.93. The molecule has 1 heterocycles. The Morgan fingerprint density at radius 1 is 1.41 bits per heavy atom. The number of fused-ring (bicyclic) bond motifs is 1. The van der Waals surface area contributed by atoms with E-state index in [1.165, 1.54) is 0 Å². The third-order valence-corrected chi connectivity index (χ3v) is 3.81. The van der Waals surface area contributed by atoms with E-state index in [-0.39, 0.29) is 17.9 Å². The summed E-state index contributed by atoms with van der Waals surface area (Å²) in [5.74, 6) is 0.852. The molecular formula is C15H23N5O2. The molecule has 5 N–H and O–H groups in total. The highest BCUT2D eigenvalue weighted by molar-refractivity contribution is 6.06. The van der Waals surface area contributed by atoms with Gasteiger partial charge in [-0.15, -0.1) is 5.10 Å². The van der Waals surface area contributed by atoms with Crippen LogP contribution in [0.25, 0.3) is 0 Å². The molecule has 0 fully saturated rings. The van der Waals surface area contributed by atoms with Crippen molar-refractivity contribution < 1.29 is 9.21 Å². The van der Waals surface area contributed by atoms with Crippen molar-refractivity contribution in [3.63, 3.8) is 0 Å². The van der Waals surface area contributed by atoms with Crippen molar-refractivity contribution in [2.75, 3.05) is 0 Å². The summed E-state index contributed by atoms with van der Waals surface area (Å²) in [6.07, 6.45) is 3.30. The van der Waals surface area contributed by atoms with Gasteiger partial charge in [0.05, 0.1) is 5.71 Å². The second kappa shape index (κ2) is 6.64. The largest absolute Gasteiger partial charge is 0.455 e. The molecule has 1 unspecified atom stereocenters. The standard InChI is InChI=1S/C15H23N5O2/c1-4-8(2)18-14(21)13-9(3)12-10(19-20-15(16)17)6-5-7-11(12)22-13/h8H,4-7H2,1-3H3,(H,18,21)(H4,16,17,20)/b19-10+. The van der Waals surface area contributed by atoms with Gasteiger partial charge in [-0.1, -0.05) is 6.92 Å². The molecule has 1 atom stereocenters. The van der Waals surface area contributed by atoms with Gasteiger partial charge in [0.25, 0.3) is 5.91 Å². The average molecular weight is 305 g/mol. The predicted octanol–water partition coefficient (Wildman–Crippen LogP) is 1.43. The minimum Gasteiger partial charge on any atom is -0.455 e. The number of furan rings is 1. The van der Waals surface area contributed by atoms with Crippen LogP contribution in [0.5, 0.6) is 0 Å². The lowest BCUT2D eigenvalue weighted by Crippen LogP contribution is -2.32. The summed E-state index contributed by atoms with van der Waals surface area (Å²) in [7, 11) is 0. The highest BCUT2D eigenvalue weighted by Gasteiger charge is 2.28. The second-order valence-electron chi connectivity index (χ2n) is 5.56. The molecule has 0 bridgehead atoms. The Hall–Kier alpha value is -2.31. The van der Waals surface area contributed by atoms with Crippen molar-refractivity contribution in [3.8, 4) is 0 Å². The van der Waals surface area contributed by atoms with Crippen molar-refractivity contribution in [1.29, 1.82) is 0 Å². The lowest BCUT2D eigenvalue weighted by molar-refractivity contribution is 0.0908. The third-order valence-electron chi connectivity index (χ3n) is 3.81. The maximum atomic E-state index is 12.3. The molecule has 2 rings (SSSR count). The van der Waals surface area contributed by atoms with E-state index in [0.717, 1.165) is 48.3 Å². The summed E-state index contributed by atoms with van der Waals surface area (Å²) < 4.78 is 5.78. The minimum atomic E-state index is -0.192. The Kier molecular flexibility index (Phi) is 4.85. The van der Waals surface area contributed by atoms with Gasteiger partial charge in [0, 0.05) is 23.6 Å². The van der Waals surface area contributed by atoms with Gasteiger partial charge in [-0.3, -0.25) is 4.79 Å². The molecule has 0 spiro atoms. The smallest absolute Gasteiger partial charge is 0.287 e. The van der Waals surface area contributed by atoms with Crippen LogP contribution in [0.1, 0.15) is 60.6 Å². The van der Waals surface area contributed by atoms with E-state index >= 15 is 0 Å². The Balaban J connectivity index is 2.37. The van der Waals surface area contributed by atoms with Gasteiger partial charge >= 0.3 is 0 Å². The number of hydrogen-bond acceptors (Lipinski definition) is 4. The SMILES string of the molecule is CCC(C)NC(=O)c1oc2c(c1C)/C(=N/N=C(N)N)CCC2. The van der Waals surface area contributed by atoms with E-state index in [1.54, 1.807) is 0 Å². The average Bonchev–Trinajstić information content (AvgIpc) is 2.82. The van der Waals surface area contributed by atoms with Crippen molar-refractivity contribution in [3.05, 3.63) is 22.6 Å². The van der Waals surface area contributed by atoms with E-state index in [9.17, 15) is 4.79 Å². The Morgan fingerprint density at radius 2 is 2.14 bits per heavy atom. The zero-order chi connectivity index (χ0) is 16.3. The molecule has 1 amide bonds. The predicted molar refractivity (Wildman–Crippen MR) is 85.9 cm³/mol. The number of nitrogens with zero attached hydrogens (tertiary/aromatic N) is 2. The van der Waals surface area contributed by atoms with Crippen molar-refractivity contribution in [1.82, 2.24) is 5.32 Å². The number of aryl methyl sites for hydroxylation is 1. The number of hydrogen-bond donors (Lipinski definition) is 3. The van der Waals surface area contributed by atoms with Crippen LogP contribution >= 0.6 is 0 Å². The van der Waals surface area contributed by atoms with Crippen molar-refractivity contribution in [2.24, 2.45) is 21.7 Å². The second-order valence-corrected chi connectivity index (χ2v) is 5.56. The summed E-state index contributed by atoms with van der Waals surface area (Å²) in [6, 6.07) is 0.101. The van der Waals surface area contributed by atoms with Crippen LogP contribution < -0.4 is 16.8 Å². The van der Waals surface area contributed by atoms with Gasteiger partial charge in [-0.25, -0.2) is 0 Å². The molecule has 120 valence electrons. The first-order chi connectivity index (χ1) is 10.4. The number of amides is 1. The first kappa shape index (κ1) is 16.1. The van der Waals surface area contributed by atoms with E-state index in [0.29, 0.717) is 5.76 Å². The number of carbonyl (C=O) groups excluding carboxylic acids is 1. The van der Waals surface area contributed by atoms with E-state index in [2.05, 4.69) is 15.5 Å². The summed E-state index contributed by atoms with van der Waals surface area (Å²) in [6.45, 7) is 5.84. The molecule has 0 saturated heterocycles. The molecule has 1 aliphatic carbocycles. The molecule has 0 aliphatic heterocycles. The van der Waals surface area contributed by atoms with Gasteiger partial charge in [-0.05, 0) is 33.1 Å². The highest BCUT2D eigenvalue weighted by Crippen LogP contribution is 2.30. The number of rotatable bonds is 4. The molecule has 0 saturated carbocycles.